The number of carbonyl (C=O) groups is 1. The lowest BCUT2D eigenvalue weighted by Crippen LogP contribution is -2.50. The molecule has 1 heterocycles. The van der Waals surface area contributed by atoms with E-state index in [0.717, 1.165) is 25.9 Å². The van der Waals surface area contributed by atoms with Gasteiger partial charge in [-0.15, -0.1) is 0 Å². The van der Waals surface area contributed by atoms with Crippen LogP contribution in [0.1, 0.15) is 32.1 Å². The first-order valence-corrected chi connectivity index (χ1v) is 6.60. The largest absolute Gasteiger partial charge is 0.378 e. The molecule has 1 aliphatic heterocycles. The van der Waals surface area contributed by atoms with E-state index in [2.05, 4.69) is 16.0 Å². The molecule has 5 heteroatoms. The van der Waals surface area contributed by atoms with Crippen molar-refractivity contribution in [1.29, 1.82) is 0 Å². The van der Waals surface area contributed by atoms with Gasteiger partial charge in [0.2, 0.25) is 0 Å². The van der Waals surface area contributed by atoms with Gasteiger partial charge < -0.3 is 20.7 Å². The Morgan fingerprint density at radius 3 is 2.65 bits per heavy atom. The van der Waals surface area contributed by atoms with Crippen LogP contribution < -0.4 is 16.0 Å². The highest BCUT2D eigenvalue weighted by Gasteiger charge is 2.28. The lowest BCUT2D eigenvalue weighted by molar-refractivity contribution is 0.0980. The summed E-state index contributed by atoms with van der Waals surface area (Å²) in [6.45, 7) is 1.60. The van der Waals surface area contributed by atoms with E-state index >= 15 is 0 Å². The molecular weight excluding hydrogens is 218 g/mol. The van der Waals surface area contributed by atoms with Gasteiger partial charge in [-0.1, -0.05) is 19.3 Å². The van der Waals surface area contributed by atoms with Crippen molar-refractivity contribution in [3.8, 4) is 0 Å². The van der Waals surface area contributed by atoms with Gasteiger partial charge >= 0.3 is 6.03 Å². The molecule has 0 aromatic carbocycles. The Morgan fingerprint density at radius 2 is 1.94 bits per heavy atom. The number of rotatable bonds is 3. The van der Waals surface area contributed by atoms with E-state index in [0.29, 0.717) is 6.04 Å². The molecule has 0 bridgehead atoms. The quantitative estimate of drug-likeness (QED) is 0.678. The number of ether oxygens (including phenoxy) is 1. The molecule has 1 saturated heterocycles. The molecule has 17 heavy (non-hydrogen) atoms. The predicted octanol–water partition coefficient (Wildman–Crippen LogP) is 0.605. The number of urea groups is 1. The molecular formula is C12H23N3O2. The Labute approximate surface area is 103 Å². The van der Waals surface area contributed by atoms with Crippen molar-refractivity contribution in [2.24, 2.45) is 0 Å². The minimum Gasteiger partial charge on any atom is -0.378 e. The summed E-state index contributed by atoms with van der Waals surface area (Å²) >= 11 is 0. The Bertz CT molecular complexity index is 254. The summed E-state index contributed by atoms with van der Waals surface area (Å²) in [6, 6.07) is 0.398. The highest BCUT2D eigenvalue weighted by Crippen LogP contribution is 2.17. The molecule has 1 saturated carbocycles. The molecule has 5 nitrogen and oxygen atoms in total. The lowest BCUT2D eigenvalue weighted by Gasteiger charge is -2.25. The molecule has 1 aliphatic carbocycles. The number of methoxy groups -OCH3 is 1. The maximum Gasteiger partial charge on any atom is 0.315 e. The first-order chi connectivity index (χ1) is 8.29. The fourth-order valence-corrected chi connectivity index (χ4v) is 2.69. The molecule has 98 valence electrons. The number of nitrogens with one attached hydrogen (secondary N) is 3. The van der Waals surface area contributed by atoms with Crippen LogP contribution in [0.25, 0.3) is 0 Å². The van der Waals surface area contributed by atoms with Gasteiger partial charge in [-0.3, -0.25) is 0 Å². The molecule has 2 aliphatic rings. The number of amides is 2. The van der Waals surface area contributed by atoms with Crippen molar-refractivity contribution in [3.05, 3.63) is 0 Å². The van der Waals surface area contributed by atoms with Gasteiger partial charge in [0.1, 0.15) is 0 Å². The first kappa shape index (κ1) is 12.6. The number of hydrogen-bond donors (Lipinski definition) is 3. The molecule has 2 fully saturated rings. The van der Waals surface area contributed by atoms with Crippen LogP contribution in [0.15, 0.2) is 0 Å². The van der Waals surface area contributed by atoms with Gasteiger partial charge in [0, 0.05) is 26.2 Å². The van der Waals surface area contributed by atoms with Gasteiger partial charge in [-0.2, -0.15) is 0 Å². The Morgan fingerprint density at radius 1 is 1.18 bits per heavy atom. The molecule has 3 N–H and O–H groups in total. The van der Waals surface area contributed by atoms with Crippen LogP contribution in [0.5, 0.6) is 0 Å². The summed E-state index contributed by atoms with van der Waals surface area (Å²) in [5.41, 5.74) is 0. The van der Waals surface area contributed by atoms with Gasteiger partial charge in [-0.25, -0.2) is 4.79 Å². The van der Waals surface area contributed by atoms with Crippen LogP contribution >= 0.6 is 0 Å². The molecule has 1 unspecified atom stereocenters. The van der Waals surface area contributed by atoms with Crippen LogP contribution in [0, 0.1) is 0 Å². The SMILES string of the molecule is CO[C@H]1CNCC1NC(=O)NC1CCCCC1. The second-order valence-corrected chi connectivity index (χ2v) is 4.99. The Balaban J connectivity index is 1.72. The minimum absolute atomic E-state index is 0.0485. The summed E-state index contributed by atoms with van der Waals surface area (Å²) in [7, 11) is 1.69. The van der Waals surface area contributed by atoms with E-state index in [-0.39, 0.29) is 18.2 Å². The summed E-state index contributed by atoms with van der Waals surface area (Å²) in [6.07, 6.45) is 6.09. The van der Waals surface area contributed by atoms with E-state index in [9.17, 15) is 4.79 Å². The summed E-state index contributed by atoms with van der Waals surface area (Å²) in [5, 5.41) is 9.26. The van der Waals surface area contributed by atoms with Crippen LogP contribution in [0.3, 0.4) is 0 Å². The van der Waals surface area contributed by atoms with E-state index in [1.165, 1.54) is 19.3 Å². The maximum atomic E-state index is 11.8. The number of hydrogen-bond acceptors (Lipinski definition) is 3. The van der Waals surface area contributed by atoms with Crippen molar-refractivity contribution in [1.82, 2.24) is 16.0 Å². The summed E-state index contributed by atoms with van der Waals surface area (Å²) in [5.74, 6) is 0. The van der Waals surface area contributed by atoms with Crippen molar-refractivity contribution in [2.45, 2.75) is 50.3 Å². The third-order valence-corrected chi connectivity index (χ3v) is 3.72. The normalized spacial score (nSPS) is 30.2. The first-order valence-electron chi connectivity index (χ1n) is 6.60. The van der Waals surface area contributed by atoms with Crippen LogP contribution in [-0.4, -0.2) is 44.4 Å². The van der Waals surface area contributed by atoms with Gasteiger partial charge in [0.05, 0.1) is 12.1 Å². The van der Waals surface area contributed by atoms with Gasteiger partial charge in [0.15, 0.2) is 0 Å². The second kappa shape index (κ2) is 6.21. The molecule has 0 spiro atoms. The van der Waals surface area contributed by atoms with E-state index < -0.39 is 0 Å². The van der Waals surface area contributed by atoms with E-state index in [4.69, 9.17) is 4.74 Å². The fraction of sp³-hybridized carbons (Fsp3) is 0.917. The third-order valence-electron chi connectivity index (χ3n) is 3.72. The third kappa shape index (κ3) is 3.57. The summed E-state index contributed by atoms with van der Waals surface area (Å²) in [4.78, 5) is 11.8. The maximum absolute atomic E-state index is 11.8. The standard InChI is InChI=1S/C12H23N3O2/c1-17-11-8-13-7-10(11)15-12(16)14-9-5-3-2-4-6-9/h9-11,13H,2-8H2,1H3,(H2,14,15,16)/t10?,11-/m0/s1. The highest BCUT2D eigenvalue weighted by molar-refractivity contribution is 5.74. The van der Waals surface area contributed by atoms with Crippen molar-refractivity contribution in [2.75, 3.05) is 20.2 Å². The van der Waals surface area contributed by atoms with E-state index in [1.807, 2.05) is 0 Å². The topological polar surface area (TPSA) is 62.4 Å². The zero-order valence-corrected chi connectivity index (χ0v) is 10.5. The van der Waals surface area contributed by atoms with Crippen LogP contribution in [0.2, 0.25) is 0 Å². The summed E-state index contributed by atoms with van der Waals surface area (Å²) < 4.78 is 5.31. The van der Waals surface area contributed by atoms with Crippen molar-refractivity contribution in [3.63, 3.8) is 0 Å². The minimum atomic E-state index is -0.0485. The molecule has 2 atom stereocenters. The lowest BCUT2D eigenvalue weighted by atomic mass is 9.96. The van der Waals surface area contributed by atoms with Gasteiger partial charge in [0.25, 0.3) is 0 Å². The Kier molecular flexibility index (Phi) is 4.62. The van der Waals surface area contributed by atoms with Crippen LogP contribution in [0.4, 0.5) is 4.79 Å². The zero-order valence-electron chi connectivity index (χ0n) is 10.5. The van der Waals surface area contributed by atoms with Crippen molar-refractivity contribution < 1.29 is 9.53 Å². The molecule has 2 amide bonds. The van der Waals surface area contributed by atoms with Crippen LogP contribution in [-0.2, 0) is 4.74 Å². The number of carbonyl (C=O) groups excluding carboxylic acids is 1. The van der Waals surface area contributed by atoms with Gasteiger partial charge in [-0.05, 0) is 12.8 Å². The smallest absolute Gasteiger partial charge is 0.315 e. The average molecular weight is 241 g/mol. The fourth-order valence-electron chi connectivity index (χ4n) is 2.69. The zero-order chi connectivity index (χ0) is 12.1. The highest BCUT2D eigenvalue weighted by atomic mass is 16.5. The Hall–Kier alpha value is -0.810. The van der Waals surface area contributed by atoms with E-state index in [1.54, 1.807) is 7.11 Å². The molecule has 0 aromatic heterocycles. The predicted molar refractivity (Wildman–Crippen MR) is 66.0 cm³/mol. The molecule has 2 rings (SSSR count). The second-order valence-electron chi connectivity index (χ2n) is 4.99. The molecule has 0 radical (unpaired) electrons. The molecule has 0 aromatic rings. The monoisotopic (exact) mass is 241 g/mol. The van der Waals surface area contributed by atoms with Crippen molar-refractivity contribution >= 4 is 6.03 Å². The average Bonchev–Trinajstić information content (AvgIpc) is 2.77.